The standard InChI is InChI=1S/C77H79N13O17S/c1-7-89(8-2)52-24-19-49-35-55(77(104)107-60(49)37-52)71(98)84-58(38-64(93)94)73(100)82-56(29-32-63(91)92)72(99)86-69(43(3)4)76(103)85-59(39-65(95)96)74(101)83-57(70(80)97)36-51-42-90(88-87-51)34-12-33-81-75(102)62-31-30-61(108-62)66(50(40-78)41-79)45-15-17-46(18-16-45)67(44-13-10-9-11-14-44)68(47-20-25-53(105-5)26-21-47)48-22-27-54(106-6)28-23-48/h9-11,13-28,30-31,35,37,42-43,56-59,69H,7-8,12,29,32-34,36,38-39H2,1-6H3,(H2,80,97)(H,81,102)(H,82,100)(H,83,101)(H,84,98)(H,85,103)(H,86,99)(H,91,92)(H,93,94)(H,95,96)/t56-,57-,58-,59-,69-/m0/s1. The van der Waals surface area contributed by atoms with Crippen molar-refractivity contribution in [3.8, 4) is 23.6 Å². The van der Waals surface area contributed by atoms with E-state index in [0.717, 1.165) is 50.4 Å². The summed E-state index contributed by atoms with van der Waals surface area (Å²) in [4.78, 5) is 148. The van der Waals surface area contributed by atoms with Crippen LogP contribution < -0.4 is 57.6 Å². The fourth-order valence-corrected chi connectivity index (χ4v) is 12.7. The molecular formula is C77H79N13O17S. The van der Waals surface area contributed by atoms with Crippen molar-refractivity contribution in [2.75, 3.05) is 38.8 Å². The number of benzene rings is 5. The molecule has 30 nitrogen and oxygen atoms in total. The van der Waals surface area contributed by atoms with E-state index in [9.17, 15) is 78.6 Å². The van der Waals surface area contributed by atoms with Crippen molar-refractivity contribution in [3.63, 3.8) is 0 Å². The number of carboxylic acid groups (broad SMARTS) is 3. The van der Waals surface area contributed by atoms with E-state index in [2.05, 4.69) is 42.2 Å². The van der Waals surface area contributed by atoms with Gasteiger partial charge in [-0.15, -0.1) is 16.4 Å². The number of rotatable bonds is 37. The molecule has 31 heteroatoms. The summed E-state index contributed by atoms with van der Waals surface area (Å²) in [5.41, 5.74) is 11.1. The highest BCUT2D eigenvalue weighted by Crippen LogP contribution is 2.40. The summed E-state index contributed by atoms with van der Waals surface area (Å²) in [6.45, 7) is 8.32. The molecule has 0 bridgehead atoms. The zero-order valence-electron chi connectivity index (χ0n) is 59.6. The Morgan fingerprint density at radius 3 is 1.66 bits per heavy atom. The second kappa shape index (κ2) is 37.9. The molecule has 0 saturated carbocycles. The molecule has 3 aromatic heterocycles. The maximum atomic E-state index is 14.0. The molecule has 5 aromatic carbocycles. The summed E-state index contributed by atoms with van der Waals surface area (Å²) in [6.07, 6.45) is -2.23. The van der Waals surface area contributed by atoms with Crippen LogP contribution in [0.1, 0.15) is 118 Å². The van der Waals surface area contributed by atoms with Crippen molar-refractivity contribution in [1.29, 1.82) is 10.5 Å². The van der Waals surface area contributed by atoms with E-state index in [-0.39, 0.29) is 41.2 Å². The molecule has 0 radical (unpaired) electrons. The minimum Gasteiger partial charge on any atom is -0.497 e. The fourth-order valence-electron chi connectivity index (χ4n) is 11.7. The molecular weight excluding hydrogens is 1410 g/mol. The summed E-state index contributed by atoms with van der Waals surface area (Å²) in [5.74, 6) is -11.8. The second-order valence-electron chi connectivity index (χ2n) is 24.9. The Hall–Kier alpha value is -13.3. The minimum atomic E-state index is -1.98. The normalized spacial score (nSPS) is 12.2. The summed E-state index contributed by atoms with van der Waals surface area (Å²) >= 11 is 1.09. The topological polar surface area (TPSA) is 460 Å². The summed E-state index contributed by atoms with van der Waals surface area (Å²) in [5, 5.41) is 72.3. The van der Waals surface area contributed by atoms with Crippen molar-refractivity contribution in [1.82, 2.24) is 46.9 Å². The van der Waals surface area contributed by atoms with E-state index in [0.29, 0.717) is 52.4 Å². The van der Waals surface area contributed by atoms with E-state index < -0.39 is 132 Å². The lowest BCUT2D eigenvalue weighted by Crippen LogP contribution is -2.60. The average molecular weight is 1490 g/mol. The number of hydrogen-bond donors (Lipinski definition) is 10. The number of aliphatic carboxylic acids is 3. The lowest BCUT2D eigenvalue weighted by molar-refractivity contribution is -0.142. The number of aromatic nitrogens is 3. The van der Waals surface area contributed by atoms with Crippen molar-refractivity contribution < 1.29 is 77.2 Å². The van der Waals surface area contributed by atoms with Crippen LogP contribution in [0.5, 0.6) is 11.5 Å². The number of carbonyl (C=O) groups excluding carboxylic acids is 7. The van der Waals surface area contributed by atoms with Gasteiger partial charge < -0.3 is 71.7 Å². The van der Waals surface area contributed by atoms with Crippen LogP contribution in [0.15, 0.2) is 161 Å². The molecule has 8 aromatic rings. The van der Waals surface area contributed by atoms with Crippen LogP contribution >= 0.6 is 11.3 Å². The molecule has 7 amide bonds. The van der Waals surface area contributed by atoms with E-state index in [4.69, 9.17) is 19.6 Å². The Kier molecular flexibility index (Phi) is 28.2. The molecule has 108 heavy (non-hydrogen) atoms. The number of allylic oxidation sites excluding steroid dienone is 1. The van der Waals surface area contributed by atoms with E-state index in [1.807, 2.05) is 134 Å². The molecule has 11 N–H and O–H groups in total. The van der Waals surface area contributed by atoms with Gasteiger partial charge in [-0.2, -0.15) is 10.5 Å². The van der Waals surface area contributed by atoms with Gasteiger partial charge in [-0.3, -0.25) is 52.6 Å². The number of fused-ring (bicyclic) bond motifs is 1. The van der Waals surface area contributed by atoms with Gasteiger partial charge >= 0.3 is 23.5 Å². The van der Waals surface area contributed by atoms with Crippen LogP contribution in [0.4, 0.5) is 5.69 Å². The highest BCUT2D eigenvalue weighted by molar-refractivity contribution is 7.15. The minimum absolute atomic E-state index is 0.130. The third kappa shape index (κ3) is 21.2. The summed E-state index contributed by atoms with van der Waals surface area (Å²) in [6, 6.07) is 37.3. The van der Waals surface area contributed by atoms with Gasteiger partial charge in [0.25, 0.3) is 11.8 Å². The number of nitrogens with zero attached hydrogens (tertiary/aromatic N) is 6. The highest BCUT2D eigenvalue weighted by Gasteiger charge is 2.36. The van der Waals surface area contributed by atoms with Crippen molar-refractivity contribution in [2.24, 2.45) is 11.7 Å². The van der Waals surface area contributed by atoms with Crippen LogP contribution in [0.25, 0.3) is 27.7 Å². The first kappa shape index (κ1) is 80.4. The molecule has 560 valence electrons. The maximum Gasteiger partial charge on any atom is 0.349 e. The number of carbonyl (C=O) groups is 10. The average Bonchev–Trinajstić information content (AvgIpc) is 0.918. The number of anilines is 1. The first-order valence-corrected chi connectivity index (χ1v) is 34.9. The molecule has 0 aliphatic carbocycles. The number of methoxy groups -OCH3 is 2. The molecule has 3 heterocycles. The zero-order valence-corrected chi connectivity index (χ0v) is 60.4. The number of nitrogens with one attached hydrogen (secondary N) is 6. The van der Waals surface area contributed by atoms with Gasteiger partial charge in [0, 0.05) is 72.8 Å². The van der Waals surface area contributed by atoms with Crippen molar-refractivity contribution in [3.05, 3.63) is 211 Å². The molecule has 0 saturated heterocycles. The first-order chi connectivity index (χ1) is 51.8. The smallest absolute Gasteiger partial charge is 0.349 e. The number of amides is 7. The predicted molar refractivity (Wildman–Crippen MR) is 397 cm³/mol. The zero-order chi connectivity index (χ0) is 78.3. The Morgan fingerprint density at radius 2 is 1.13 bits per heavy atom. The molecule has 8 rings (SSSR count). The number of carboxylic acids is 3. The van der Waals surface area contributed by atoms with E-state index >= 15 is 0 Å². The van der Waals surface area contributed by atoms with Gasteiger partial charge in [0.1, 0.15) is 70.6 Å². The number of hydrogen-bond acceptors (Lipinski definition) is 20. The van der Waals surface area contributed by atoms with Gasteiger partial charge in [-0.25, -0.2) is 4.79 Å². The third-order valence-corrected chi connectivity index (χ3v) is 18.3. The van der Waals surface area contributed by atoms with Gasteiger partial charge in [0.05, 0.1) is 37.6 Å². The van der Waals surface area contributed by atoms with Gasteiger partial charge in [-0.05, 0) is 126 Å². The molecule has 5 atom stereocenters. The number of nitriles is 2. The van der Waals surface area contributed by atoms with Crippen LogP contribution in [0, 0.1) is 28.6 Å². The molecule has 0 aliphatic heterocycles. The number of aryl methyl sites for hydroxylation is 1. The van der Waals surface area contributed by atoms with Crippen LogP contribution in [0.3, 0.4) is 0 Å². The SMILES string of the molecule is CCN(CC)c1ccc2cc(C(=O)N[C@@H](CC(=O)O)C(=O)N[C@@H](CCC(=O)O)C(=O)N[C@H](C(=O)N[C@@H](CC(=O)O)C(=O)N[C@@H](Cc3cn(CCCNC(=O)c4ccc(C(=C(C#N)C#N)c5ccc(C(=C(c6ccc(OC)cc6)c6ccc(OC)cc6)c6ccccc6)cc5)s4)nn3)C(N)=O)C(C)C)c(=O)oc2c1. The van der Waals surface area contributed by atoms with Crippen LogP contribution in [-0.4, -0.2) is 154 Å². The number of primary amides is 1. The quantitative estimate of drug-likeness (QED) is 0.00893. The van der Waals surface area contributed by atoms with Gasteiger partial charge in [0.2, 0.25) is 29.5 Å². The largest absolute Gasteiger partial charge is 0.497 e. The maximum absolute atomic E-state index is 14.0. The Bertz CT molecular complexity index is 4790. The fraction of sp³-hybridized carbons (Fsp3) is 0.286. The molecule has 0 aliphatic rings. The van der Waals surface area contributed by atoms with E-state index in [1.54, 1.807) is 44.6 Å². The number of ether oxygens (including phenoxy) is 2. The first-order valence-electron chi connectivity index (χ1n) is 34.1. The van der Waals surface area contributed by atoms with Gasteiger partial charge in [0.15, 0.2) is 0 Å². The Labute approximate surface area is 623 Å². The van der Waals surface area contributed by atoms with Crippen LogP contribution in [-0.2, 0) is 51.3 Å². The molecule has 0 unspecified atom stereocenters. The number of nitrogens with two attached hydrogens (primary N) is 1. The molecule has 0 spiro atoms. The lowest BCUT2D eigenvalue weighted by Gasteiger charge is -2.28. The van der Waals surface area contributed by atoms with Crippen molar-refractivity contribution >= 4 is 104 Å². The predicted octanol–water partition coefficient (Wildman–Crippen LogP) is 6.22. The van der Waals surface area contributed by atoms with Crippen LogP contribution in [0.2, 0.25) is 0 Å². The number of thiophene rings is 1. The lowest BCUT2D eigenvalue weighted by atomic mass is 9.85. The summed E-state index contributed by atoms with van der Waals surface area (Å²) < 4.78 is 17.8. The van der Waals surface area contributed by atoms with E-state index in [1.165, 1.54) is 30.8 Å². The third-order valence-electron chi connectivity index (χ3n) is 17.2. The Morgan fingerprint density at radius 1 is 0.611 bits per heavy atom. The monoisotopic (exact) mass is 1490 g/mol. The molecule has 0 fully saturated rings. The second-order valence-corrected chi connectivity index (χ2v) is 26.0. The Balaban J connectivity index is 0.883. The highest BCUT2D eigenvalue weighted by atomic mass is 32.1. The van der Waals surface area contributed by atoms with Crippen molar-refractivity contribution in [2.45, 2.75) is 103 Å². The van der Waals surface area contributed by atoms with Gasteiger partial charge in [-0.1, -0.05) is 97.9 Å². The summed E-state index contributed by atoms with van der Waals surface area (Å²) in [7, 11) is 3.20.